The van der Waals surface area contributed by atoms with E-state index in [1.165, 1.54) is 0 Å². The van der Waals surface area contributed by atoms with Gasteiger partial charge in [-0.05, 0) is 19.5 Å². The van der Waals surface area contributed by atoms with Crippen LogP contribution in [0.1, 0.15) is 20.3 Å². The Bertz CT molecular complexity index is 431. The molecule has 1 fully saturated rings. The minimum atomic E-state index is -2.50. The van der Waals surface area contributed by atoms with Gasteiger partial charge in [0.25, 0.3) is 0 Å². The van der Waals surface area contributed by atoms with E-state index in [0.29, 0.717) is 12.6 Å². The monoisotopic (exact) mass is 267 g/mol. The van der Waals surface area contributed by atoms with Crippen LogP contribution in [0.2, 0.25) is 0 Å². The smallest absolute Gasteiger partial charge is 0.134 e. The van der Waals surface area contributed by atoms with Crippen LogP contribution in [0.4, 0.5) is 0 Å². The predicted octanol–water partition coefficient (Wildman–Crippen LogP) is 2.11. The summed E-state index contributed by atoms with van der Waals surface area (Å²) in [4.78, 5) is 2.14. The summed E-state index contributed by atoms with van der Waals surface area (Å²) in [5, 5.41) is 11.1. The molecule has 1 aliphatic rings. The number of benzene rings is 1. The normalized spacial score (nSPS) is 32.0. The lowest BCUT2D eigenvalue weighted by molar-refractivity contribution is 0.103. The van der Waals surface area contributed by atoms with Gasteiger partial charge >= 0.3 is 0 Å². The molecule has 3 nitrogen and oxygen atoms in total. The highest BCUT2D eigenvalue weighted by atomic mass is 31.2. The Hall–Kier alpha value is -0.630. The second-order valence-corrected chi connectivity index (χ2v) is 7.93. The van der Waals surface area contributed by atoms with Crippen molar-refractivity contribution in [3.63, 3.8) is 0 Å². The third kappa shape index (κ3) is 2.27. The first kappa shape index (κ1) is 13.8. The summed E-state index contributed by atoms with van der Waals surface area (Å²) in [6.45, 7) is 5.78. The van der Waals surface area contributed by atoms with Crippen molar-refractivity contribution >= 4 is 12.4 Å². The molecule has 100 valence electrons. The largest absolute Gasteiger partial charge is 0.391 e. The van der Waals surface area contributed by atoms with E-state index in [9.17, 15) is 9.67 Å². The molecular formula is C14H22NO2P. The van der Waals surface area contributed by atoms with Gasteiger partial charge in [0.15, 0.2) is 0 Å². The lowest BCUT2D eigenvalue weighted by Gasteiger charge is -2.33. The Morgan fingerprint density at radius 3 is 2.44 bits per heavy atom. The Kier molecular flexibility index (Phi) is 4.26. The fraction of sp³-hybridized carbons (Fsp3) is 0.571. The van der Waals surface area contributed by atoms with Gasteiger partial charge in [-0.15, -0.1) is 0 Å². The lowest BCUT2D eigenvalue weighted by atomic mass is 10.2. The molecule has 1 aromatic carbocycles. The van der Waals surface area contributed by atoms with Gasteiger partial charge in [-0.2, -0.15) is 0 Å². The molecule has 1 saturated heterocycles. The van der Waals surface area contributed by atoms with E-state index >= 15 is 0 Å². The summed E-state index contributed by atoms with van der Waals surface area (Å²) in [6.07, 6.45) is 0.808. The zero-order valence-corrected chi connectivity index (χ0v) is 12.0. The minimum Gasteiger partial charge on any atom is -0.391 e. The first-order valence-electron chi connectivity index (χ1n) is 6.70. The van der Waals surface area contributed by atoms with Gasteiger partial charge in [-0.3, -0.25) is 4.90 Å². The molecule has 0 aliphatic carbocycles. The molecule has 0 unspecified atom stereocenters. The average molecular weight is 267 g/mol. The van der Waals surface area contributed by atoms with Gasteiger partial charge < -0.3 is 9.67 Å². The molecule has 0 saturated carbocycles. The van der Waals surface area contributed by atoms with E-state index in [1.807, 2.05) is 30.3 Å². The summed E-state index contributed by atoms with van der Waals surface area (Å²) >= 11 is 0. The van der Waals surface area contributed by atoms with Gasteiger partial charge in [0.05, 0.1) is 11.9 Å². The van der Waals surface area contributed by atoms with Crippen LogP contribution in [0.15, 0.2) is 30.3 Å². The summed E-state index contributed by atoms with van der Waals surface area (Å²) in [7, 11) is -2.50. The first-order chi connectivity index (χ1) is 8.63. The quantitative estimate of drug-likeness (QED) is 0.849. The third-order valence-electron chi connectivity index (χ3n) is 3.91. The number of aliphatic hydroxyl groups excluding tert-OH is 1. The highest BCUT2D eigenvalue weighted by molar-refractivity contribution is 7.72. The Labute approximate surface area is 109 Å². The molecule has 0 bridgehead atoms. The van der Waals surface area contributed by atoms with E-state index < -0.39 is 13.2 Å². The second-order valence-electron chi connectivity index (χ2n) is 4.85. The van der Waals surface area contributed by atoms with Crippen LogP contribution < -0.4 is 5.30 Å². The van der Waals surface area contributed by atoms with Crippen molar-refractivity contribution in [2.45, 2.75) is 32.2 Å². The molecule has 18 heavy (non-hydrogen) atoms. The SMILES string of the molecule is CCN(CC)[C@@H]1[C@@H](O)CC[P@@]1(=O)c1ccccc1. The summed E-state index contributed by atoms with van der Waals surface area (Å²) in [5.41, 5.74) is 0. The van der Waals surface area contributed by atoms with Crippen LogP contribution in [-0.4, -0.2) is 41.1 Å². The minimum absolute atomic E-state index is 0.199. The van der Waals surface area contributed by atoms with Crippen LogP contribution >= 0.6 is 7.14 Å². The summed E-state index contributed by atoms with van der Waals surface area (Å²) in [6, 6.07) is 9.68. The van der Waals surface area contributed by atoms with Crippen LogP contribution in [0, 0.1) is 0 Å². The fourth-order valence-corrected chi connectivity index (χ4v) is 6.66. The molecule has 1 aromatic rings. The number of nitrogens with zero attached hydrogens (tertiary/aromatic N) is 1. The molecule has 2 rings (SSSR count). The zero-order valence-electron chi connectivity index (χ0n) is 11.1. The van der Waals surface area contributed by atoms with Crippen LogP contribution in [0.25, 0.3) is 0 Å². The number of aliphatic hydroxyl groups is 1. The van der Waals surface area contributed by atoms with Gasteiger partial charge in [-0.25, -0.2) is 0 Å². The van der Waals surface area contributed by atoms with Crippen molar-refractivity contribution in [3.05, 3.63) is 30.3 Å². The lowest BCUT2D eigenvalue weighted by Crippen LogP contribution is -2.41. The highest BCUT2D eigenvalue weighted by Gasteiger charge is 2.47. The van der Waals surface area contributed by atoms with Gasteiger partial charge in [0.2, 0.25) is 0 Å². The van der Waals surface area contributed by atoms with E-state index in [4.69, 9.17) is 0 Å². The zero-order chi connectivity index (χ0) is 13.2. The maximum Gasteiger partial charge on any atom is 0.134 e. The molecule has 1 N–H and O–H groups in total. The second kappa shape index (κ2) is 5.56. The summed E-state index contributed by atoms with van der Waals surface area (Å²) < 4.78 is 13.3. The van der Waals surface area contributed by atoms with Crippen molar-refractivity contribution in [3.8, 4) is 0 Å². The fourth-order valence-electron chi connectivity index (χ4n) is 2.95. The van der Waals surface area contributed by atoms with E-state index in [2.05, 4.69) is 18.7 Å². The molecule has 0 aromatic heterocycles. The average Bonchev–Trinajstić information content (AvgIpc) is 2.71. The van der Waals surface area contributed by atoms with Crippen LogP contribution in [0.5, 0.6) is 0 Å². The topological polar surface area (TPSA) is 40.5 Å². The molecular weight excluding hydrogens is 245 g/mol. The van der Waals surface area contributed by atoms with Crippen molar-refractivity contribution in [2.75, 3.05) is 19.3 Å². The molecule has 0 radical (unpaired) electrons. The van der Waals surface area contributed by atoms with Gasteiger partial charge in [0, 0.05) is 11.5 Å². The number of hydrogen-bond acceptors (Lipinski definition) is 3. The maximum atomic E-state index is 13.3. The van der Waals surface area contributed by atoms with Gasteiger partial charge in [0.1, 0.15) is 7.14 Å². The molecule has 1 aliphatic heterocycles. The van der Waals surface area contributed by atoms with Crippen molar-refractivity contribution in [1.82, 2.24) is 4.90 Å². The predicted molar refractivity (Wildman–Crippen MR) is 75.9 cm³/mol. The maximum absolute atomic E-state index is 13.3. The van der Waals surface area contributed by atoms with Crippen molar-refractivity contribution < 1.29 is 9.67 Å². The Morgan fingerprint density at radius 1 is 1.28 bits per heavy atom. The standard InChI is InChI=1S/C14H22NO2P/c1-3-15(4-2)14-13(16)10-11-18(14,17)12-8-6-5-7-9-12/h5-9,13-14,16H,3-4,10-11H2,1-2H3/t13-,14-,18+/m0/s1. The molecule has 3 atom stereocenters. The van der Waals surface area contributed by atoms with E-state index in [1.54, 1.807) is 0 Å². The van der Waals surface area contributed by atoms with Gasteiger partial charge in [-0.1, -0.05) is 44.2 Å². The molecule has 0 amide bonds. The van der Waals surface area contributed by atoms with E-state index in [-0.39, 0.29) is 5.78 Å². The number of likely N-dealkylation sites (N-methyl/N-ethyl adjacent to an activating group) is 1. The summed E-state index contributed by atoms with van der Waals surface area (Å²) in [5.74, 6) is -0.199. The molecule has 4 heteroatoms. The highest BCUT2D eigenvalue weighted by Crippen LogP contribution is 2.57. The number of rotatable bonds is 4. The van der Waals surface area contributed by atoms with Crippen LogP contribution in [-0.2, 0) is 4.57 Å². The van der Waals surface area contributed by atoms with Crippen molar-refractivity contribution in [1.29, 1.82) is 0 Å². The van der Waals surface area contributed by atoms with Crippen molar-refractivity contribution in [2.24, 2.45) is 0 Å². The number of hydrogen-bond donors (Lipinski definition) is 1. The molecule has 0 spiro atoms. The Balaban J connectivity index is 2.39. The molecule has 1 heterocycles. The first-order valence-corrected chi connectivity index (χ1v) is 8.66. The van der Waals surface area contributed by atoms with Crippen LogP contribution in [0.3, 0.4) is 0 Å². The Morgan fingerprint density at radius 2 is 1.89 bits per heavy atom. The third-order valence-corrected chi connectivity index (χ3v) is 7.53. The van der Waals surface area contributed by atoms with E-state index in [0.717, 1.165) is 18.4 Å².